The van der Waals surface area contributed by atoms with Crippen molar-refractivity contribution < 1.29 is 17.0 Å². The summed E-state index contributed by atoms with van der Waals surface area (Å²) in [4.78, 5) is 0. The first-order valence-electron chi connectivity index (χ1n) is 4.52. The standard InChI is InChI=1S/C13H9.BrH.Mg/c1-3-7-12-10(5-1)9-11-6-2-4-8-13(11)12;;/h1,3-8H,9H2;1H;/q-1;;+2/p-1. The van der Waals surface area contributed by atoms with Crippen molar-refractivity contribution in [1.82, 2.24) is 0 Å². The molecule has 0 N–H and O–H groups in total. The maximum absolute atomic E-state index is 3.13. The summed E-state index contributed by atoms with van der Waals surface area (Å²) < 4.78 is 0. The van der Waals surface area contributed by atoms with E-state index in [1.165, 1.54) is 22.3 Å². The minimum absolute atomic E-state index is 0. The van der Waals surface area contributed by atoms with E-state index >= 15 is 0 Å². The monoisotopic (exact) mass is 268 g/mol. The molecule has 0 spiro atoms. The molecule has 0 heterocycles. The van der Waals surface area contributed by atoms with Crippen molar-refractivity contribution >= 4 is 23.1 Å². The average molecular weight is 269 g/mol. The molecule has 0 saturated heterocycles. The summed E-state index contributed by atoms with van der Waals surface area (Å²) in [6, 6.07) is 18.0. The van der Waals surface area contributed by atoms with Gasteiger partial charge in [0, 0.05) is 0 Å². The molecule has 0 unspecified atom stereocenters. The Morgan fingerprint density at radius 1 is 0.933 bits per heavy atom. The van der Waals surface area contributed by atoms with Crippen molar-refractivity contribution in [3.8, 4) is 11.1 Å². The van der Waals surface area contributed by atoms with E-state index in [1.807, 2.05) is 6.07 Å². The molecule has 0 aliphatic heterocycles. The van der Waals surface area contributed by atoms with Gasteiger partial charge in [0.2, 0.25) is 0 Å². The van der Waals surface area contributed by atoms with Crippen molar-refractivity contribution in [2.24, 2.45) is 0 Å². The topological polar surface area (TPSA) is 0 Å². The summed E-state index contributed by atoms with van der Waals surface area (Å²) in [6.45, 7) is 0. The van der Waals surface area contributed by atoms with Gasteiger partial charge in [-0.05, 0) is 17.5 Å². The summed E-state index contributed by atoms with van der Waals surface area (Å²) in [6.07, 6.45) is 1.07. The normalized spacial score (nSPS) is 10.7. The molecule has 1 aliphatic carbocycles. The third kappa shape index (κ3) is 2.12. The van der Waals surface area contributed by atoms with Crippen LogP contribution < -0.4 is 17.0 Å². The van der Waals surface area contributed by atoms with Gasteiger partial charge in [0.05, 0.1) is 0 Å². The molecule has 0 nitrogen and oxygen atoms in total. The van der Waals surface area contributed by atoms with Gasteiger partial charge in [-0.2, -0.15) is 24.3 Å². The zero-order valence-corrected chi connectivity index (χ0v) is 11.3. The van der Waals surface area contributed by atoms with Crippen LogP contribution in [0.15, 0.2) is 42.5 Å². The third-order valence-electron chi connectivity index (χ3n) is 2.64. The van der Waals surface area contributed by atoms with E-state index < -0.39 is 0 Å². The molecule has 70 valence electrons. The molecule has 0 bridgehead atoms. The minimum Gasteiger partial charge on any atom is -1.00 e. The fourth-order valence-corrected chi connectivity index (χ4v) is 2.02. The Morgan fingerprint density at radius 2 is 1.67 bits per heavy atom. The smallest absolute Gasteiger partial charge is 1.00 e. The van der Waals surface area contributed by atoms with E-state index in [-0.39, 0.29) is 40.0 Å². The first-order chi connectivity index (χ1) is 6.45. The largest absolute Gasteiger partial charge is 2.00 e. The second-order valence-corrected chi connectivity index (χ2v) is 3.42. The molecule has 2 aromatic rings. The number of fused-ring (bicyclic) bond motifs is 3. The van der Waals surface area contributed by atoms with Crippen molar-refractivity contribution in [3.05, 3.63) is 59.7 Å². The van der Waals surface area contributed by atoms with Crippen LogP contribution in [0, 0.1) is 6.07 Å². The Hall–Kier alpha value is -0.314. The van der Waals surface area contributed by atoms with Crippen LogP contribution in [0.25, 0.3) is 11.1 Å². The van der Waals surface area contributed by atoms with E-state index in [0.717, 1.165) is 6.42 Å². The van der Waals surface area contributed by atoms with Crippen molar-refractivity contribution in [2.45, 2.75) is 6.42 Å². The van der Waals surface area contributed by atoms with Gasteiger partial charge in [-0.3, -0.25) is 0 Å². The van der Waals surface area contributed by atoms with E-state index in [2.05, 4.69) is 42.5 Å². The first kappa shape index (κ1) is 12.8. The zero-order chi connectivity index (χ0) is 8.67. The van der Waals surface area contributed by atoms with E-state index in [0.29, 0.717) is 0 Å². The number of hydrogen-bond acceptors (Lipinski definition) is 0. The predicted molar refractivity (Wildman–Crippen MR) is 59.3 cm³/mol. The molecule has 15 heavy (non-hydrogen) atoms. The number of benzene rings is 2. The van der Waals surface area contributed by atoms with Crippen LogP contribution >= 0.6 is 0 Å². The van der Waals surface area contributed by atoms with E-state index in [1.54, 1.807) is 0 Å². The van der Waals surface area contributed by atoms with Crippen LogP contribution in [0.1, 0.15) is 11.1 Å². The molecule has 2 aromatic carbocycles. The molecule has 0 amide bonds. The van der Waals surface area contributed by atoms with Crippen molar-refractivity contribution in [1.29, 1.82) is 0 Å². The molecule has 3 rings (SSSR count). The van der Waals surface area contributed by atoms with Crippen LogP contribution in [0.3, 0.4) is 0 Å². The van der Waals surface area contributed by atoms with Gasteiger partial charge in [0.1, 0.15) is 0 Å². The fourth-order valence-electron chi connectivity index (χ4n) is 2.02. The van der Waals surface area contributed by atoms with Gasteiger partial charge in [0.25, 0.3) is 0 Å². The first-order valence-corrected chi connectivity index (χ1v) is 4.52. The summed E-state index contributed by atoms with van der Waals surface area (Å²) in [5, 5.41) is 0. The third-order valence-corrected chi connectivity index (χ3v) is 2.64. The Morgan fingerprint density at radius 3 is 2.53 bits per heavy atom. The summed E-state index contributed by atoms with van der Waals surface area (Å²) >= 11 is 0. The van der Waals surface area contributed by atoms with Gasteiger partial charge in [0.15, 0.2) is 0 Å². The molecule has 2 heteroatoms. The van der Waals surface area contributed by atoms with Gasteiger partial charge in [-0.15, -0.1) is 11.1 Å². The van der Waals surface area contributed by atoms with Gasteiger partial charge in [-0.1, -0.05) is 24.3 Å². The quantitative estimate of drug-likeness (QED) is 0.388. The predicted octanol–water partition coefficient (Wildman–Crippen LogP) is -0.319. The molecular formula is C13H9BrMg. The second kappa shape index (κ2) is 5.15. The van der Waals surface area contributed by atoms with Gasteiger partial charge in [-0.25, -0.2) is 0 Å². The number of hydrogen-bond donors (Lipinski definition) is 0. The number of halogens is 1. The molecule has 1 aliphatic rings. The molecule has 0 aromatic heterocycles. The second-order valence-electron chi connectivity index (χ2n) is 3.42. The van der Waals surface area contributed by atoms with Crippen molar-refractivity contribution in [3.63, 3.8) is 0 Å². The maximum atomic E-state index is 3.13. The summed E-state index contributed by atoms with van der Waals surface area (Å²) in [5.41, 5.74) is 5.63. The number of rotatable bonds is 0. The Labute approximate surface area is 117 Å². The fraction of sp³-hybridized carbons (Fsp3) is 0.0769. The van der Waals surface area contributed by atoms with Gasteiger partial charge < -0.3 is 17.0 Å². The zero-order valence-electron chi connectivity index (χ0n) is 8.33. The van der Waals surface area contributed by atoms with Crippen LogP contribution in [-0.2, 0) is 6.42 Å². The SMILES string of the molecule is [Br-].[Mg+2].[c-]1ccc2c(c1)Cc1ccccc1-2. The van der Waals surface area contributed by atoms with Gasteiger partial charge >= 0.3 is 23.1 Å². The maximum Gasteiger partial charge on any atom is 2.00 e. The molecule has 0 atom stereocenters. The Balaban J connectivity index is 0.000000562. The molecule has 0 fully saturated rings. The van der Waals surface area contributed by atoms with Crippen LogP contribution in [0.5, 0.6) is 0 Å². The molecule has 0 saturated carbocycles. The Kier molecular flexibility index (Phi) is 4.38. The van der Waals surface area contributed by atoms with Crippen LogP contribution in [0.4, 0.5) is 0 Å². The summed E-state index contributed by atoms with van der Waals surface area (Å²) in [7, 11) is 0. The minimum atomic E-state index is 0. The molecule has 0 radical (unpaired) electrons. The van der Waals surface area contributed by atoms with E-state index in [9.17, 15) is 0 Å². The van der Waals surface area contributed by atoms with Crippen LogP contribution in [-0.4, -0.2) is 23.1 Å². The molecular weight excluding hydrogens is 260 g/mol. The van der Waals surface area contributed by atoms with Crippen molar-refractivity contribution in [2.75, 3.05) is 0 Å². The average Bonchev–Trinajstić information content (AvgIpc) is 2.56. The summed E-state index contributed by atoms with van der Waals surface area (Å²) in [5.74, 6) is 0. The van der Waals surface area contributed by atoms with Crippen LogP contribution in [0.2, 0.25) is 0 Å². The Bertz CT molecular complexity index is 422. The van der Waals surface area contributed by atoms with E-state index in [4.69, 9.17) is 0 Å².